The minimum atomic E-state index is -0.226. The normalized spacial score (nSPS) is 11.5. The van der Waals surface area contributed by atoms with Crippen molar-refractivity contribution in [3.63, 3.8) is 0 Å². The molecule has 0 aliphatic heterocycles. The van der Waals surface area contributed by atoms with Crippen LogP contribution in [0.1, 0.15) is 96.7 Å². The molecule has 0 aliphatic carbocycles. The number of nitrogens with zero attached hydrogens (tertiary/aromatic N) is 2. The summed E-state index contributed by atoms with van der Waals surface area (Å²) in [7, 11) is 0. The van der Waals surface area contributed by atoms with E-state index in [-0.39, 0.29) is 5.69 Å². The smallest absolute Gasteiger partial charge is 0.350 e. The summed E-state index contributed by atoms with van der Waals surface area (Å²) in [6.07, 6.45) is 16.9. The van der Waals surface area contributed by atoms with Crippen molar-refractivity contribution in [2.75, 3.05) is 6.61 Å². The lowest BCUT2D eigenvalue weighted by molar-refractivity contribution is 0.105. The number of aromatic nitrogens is 2. The highest BCUT2D eigenvalue weighted by molar-refractivity contribution is 5.72. The second-order valence-electron chi connectivity index (χ2n) is 7.78. The Bertz CT molecular complexity index is 720. The second kappa shape index (κ2) is 13.5. The molecule has 0 aliphatic rings. The maximum Gasteiger partial charge on any atom is 0.350 e. The lowest BCUT2D eigenvalue weighted by atomic mass is 10.1. The molecule has 0 saturated carbocycles. The minimum Gasteiger partial charge on any atom is -0.440 e. The third-order valence-corrected chi connectivity index (χ3v) is 5.17. The fraction of sp³-hybridized carbons (Fsp3) is 0.739. The highest BCUT2D eigenvalue weighted by Crippen LogP contribution is 2.17. The van der Waals surface area contributed by atoms with E-state index in [2.05, 4.69) is 18.8 Å². The van der Waals surface area contributed by atoms with E-state index >= 15 is 0 Å². The highest BCUT2D eigenvalue weighted by Gasteiger charge is 2.08. The molecule has 0 fully saturated rings. The summed E-state index contributed by atoms with van der Waals surface area (Å²) in [6.45, 7) is 6.28. The zero-order valence-electron chi connectivity index (χ0n) is 17.9. The van der Waals surface area contributed by atoms with E-state index < -0.39 is 0 Å². The molecule has 2 aromatic rings. The molecular formula is C23H38N2O3. The Kier molecular flexibility index (Phi) is 11.0. The summed E-state index contributed by atoms with van der Waals surface area (Å²) < 4.78 is 12.9. The van der Waals surface area contributed by atoms with Crippen LogP contribution in [0.15, 0.2) is 21.5 Å². The van der Waals surface area contributed by atoms with Crippen LogP contribution < -0.4 is 5.69 Å². The van der Waals surface area contributed by atoms with Gasteiger partial charge in [-0.05, 0) is 18.9 Å². The maximum absolute atomic E-state index is 12.2. The lowest BCUT2D eigenvalue weighted by Gasteiger charge is -2.05. The summed E-state index contributed by atoms with van der Waals surface area (Å²) in [5.74, 6) is 0.731. The van der Waals surface area contributed by atoms with Gasteiger partial charge in [-0.15, -0.1) is 0 Å². The monoisotopic (exact) mass is 390 g/mol. The van der Waals surface area contributed by atoms with E-state index in [1.807, 2.05) is 12.3 Å². The number of fused-ring (bicyclic) bond motifs is 1. The Morgan fingerprint density at radius 2 is 1.57 bits per heavy atom. The van der Waals surface area contributed by atoms with Gasteiger partial charge in [0.25, 0.3) is 0 Å². The minimum absolute atomic E-state index is 0.226. The molecule has 0 N–H and O–H groups in total. The van der Waals surface area contributed by atoms with Crippen LogP contribution in [0.25, 0.3) is 11.1 Å². The van der Waals surface area contributed by atoms with Crippen molar-refractivity contribution in [1.82, 2.24) is 9.55 Å². The topological polar surface area (TPSA) is 57.3 Å². The van der Waals surface area contributed by atoms with Crippen molar-refractivity contribution in [2.45, 2.75) is 104 Å². The van der Waals surface area contributed by atoms with Gasteiger partial charge in [0.05, 0.1) is 5.39 Å². The van der Waals surface area contributed by atoms with Crippen LogP contribution in [-0.4, -0.2) is 16.2 Å². The lowest BCUT2D eigenvalue weighted by Crippen LogP contribution is -2.22. The quantitative estimate of drug-likeness (QED) is 0.319. The Hall–Kier alpha value is -1.62. The molecule has 0 bridgehead atoms. The zero-order valence-corrected chi connectivity index (χ0v) is 17.9. The third-order valence-electron chi connectivity index (χ3n) is 5.17. The van der Waals surface area contributed by atoms with Gasteiger partial charge in [-0.25, -0.2) is 4.79 Å². The van der Waals surface area contributed by atoms with Gasteiger partial charge in [-0.1, -0.05) is 78.1 Å². The predicted molar refractivity (Wildman–Crippen MR) is 115 cm³/mol. The molecule has 0 atom stereocenters. The Morgan fingerprint density at radius 1 is 0.929 bits per heavy atom. The van der Waals surface area contributed by atoms with Gasteiger partial charge in [-0.3, -0.25) is 4.57 Å². The first-order chi connectivity index (χ1) is 13.7. The Labute approximate surface area is 169 Å². The van der Waals surface area contributed by atoms with Gasteiger partial charge in [0.2, 0.25) is 5.71 Å². The van der Waals surface area contributed by atoms with Gasteiger partial charge >= 0.3 is 5.69 Å². The number of hydrogen-bond acceptors (Lipinski definition) is 4. The van der Waals surface area contributed by atoms with Crippen molar-refractivity contribution in [3.8, 4) is 0 Å². The molecular weight excluding hydrogens is 352 g/mol. The zero-order chi connectivity index (χ0) is 20.0. The van der Waals surface area contributed by atoms with Crippen LogP contribution in [0.5, 0.6) is 0 Å². The molecule has 2 rings (SSSR count). The molecule has 0 radical (unpaired) electrons. The molecule has 0 aromatic carbocycles. The Morgan fingerprint density at radius 3 is 2.25 bits per heavy atom. The number of aryl methyl sites for hydroxylation is 1. The highest BCUT2D eigenvalue weighted by atomic mass is 16.5. The SMILES string of the molecule is CCCCCCCCCCCCn1cc2cc(COCCCC)oc2nc1=O. The van der Waals surface area contributed by atoms with Crippen molar-refractivity contribution >= 4 is 11.1 Å². The van der Waals surface area contributed by atoms with Crippen molar-refractivity contribution < 1.29 is 9.15 Å². The van der Waals surface area contributed by atoms with Gasteiger partial charge in [0.15, 0.2) is 0 Å². The van der Waals surface area contributed by atoms with Gasteiger partial charge in [0.1, 0.15) is 12.4 Å². The Balaban J connectivity index is 1.69. The largest absolute Gasteiger partial charge is 0.440 e. The van der Waals surface area contributed by atoms with E-state index in [9.17, 15) is 4.79 Å². The van der Waals surface area contributed by atoms with Crippen LogP contribution in [0, 0.1) is 0 Å². The first-order valence-electron chi connectivity index (χ1n) is 11.3. The molecule has 2 heterocycles. The number of unbranched alkanes of at least 4 members (excludes halogenated alkanes) is 10. The summed E-state index contributed by atoms with van der Waals surface area (Å²) >= 11 is 0. The molecule has 2 aromatic heterocycles. The molecule has 0 amide bonds. The molecule has 5 heteroatoms. The standard InChI is InChI=1S/C23H38N2O3/c1-3-5-7-8-9-10-11-12-13-14-15-25-18-20-17-21(19-27-16-6-4-2)28-22(20)24-23(25)26/h17-18H,3-16,19H2,1-2H3. The van der Waals surface area contributed by atoms with E-state index in [1.165, 1.54) is 57.8 Å². The van der Waals surface area contributed by atoms with E-state index in [1.54, 1.807) is 4.57 Å². The summed E-state index contributed by atoms with van der Waals surface area (Å²) in [4.78, 5) is 16.3. The summed E-state index contributed by atoms with van der Waals surface area (Å²) in [5.41, 5.74) is 0.189. The molecule has 158 valence electrons. The van der Waals surface area contributed by atoms with E-state index in [0.29, 0.717) is 12.3 Å². The number of hydrogen-bond donors (Lipinski definition) is 0. The van der Waals surface area contributed by atoms with Gasteiger partial charge < -0.3 is 9.15 Å². The average molecular weight is 391 g/mol. The summed E-state index contributed by atoms with van der Waals surface area (Å²) in [5, 5.41) is 0.876. The number of furan rings is 1. The van der Waals surface area contributed by atoms with Crippen molar-refractivity contribution in [1.29, 1.82) is 0 Å². The van der Waals surface area contributed by atoms with E-state index in [0.717, 1.165) is 43.6 Å². The fourth-order valence-corrected chi connectivity index (χ4v) is 3.42. The fourth-order valence-electron chi connectivity index (χ4n) is 3.42. The van der Waals surface area contributed by atoms with Gasteiger partial charge in [0, 0.05) is 19.3 Å². The first kappa shape index (κ1) is 22.7. The molecule has 0 spiro atoms. The predicted octanol–water partition coefficient (Wildman–Crippen LogP) is 6.23. The average Bonchev–Trinajstić information content (AvgIpc) is 3.08. The van der Waals surface area contributed by atoms with Crippen LogP contribution in [0.4, 0.5) is 0 Å². The molecule has 0 saturated heterocycles. The second-order valence-corrected chi connectivity index (χ2v) is 7.78. The van der Waals surface area contributed by atoms with E-state index in [4.69, 9.17) is 9.15 Å². The van der Waals surface area contributed by atoms with Crippen LogP contribution >= 0.6 is 0 Å². The molecule has 28 heavy (non-hydrogen) atoms. The maximum atomic E-state index is 12.2. The third kappa shape index (κ3) is 8.17. The molecule has 0 unspecified atom stereocenters. The number of rotatable bonds is 16. The van der Waals surface area contributed by atoms with Crippen LogP contribution in [-0.2, 0) is 17.9 Å². The van der Waals surface area contributed by atoms with Crippen molar-refractivity contribution in [2.24, 2.45) is 0 Å². The van der Waals surface area contributed by atoms with Crippen LogP contribution in [0.2, 0.25) is 0 Å². The number of ether oxygens (including phenoxy) is 1. The summed E-state index contributed by atoms with van der Waals surface area (Å²) in [6, 6.07) is 1.93. The van der Waals surface area contributed by atoms with Crippen molar-refractivity contribution in [3.05, 3.63) is 28.5 Å². The van der Waals surface area contributed by atoms with Gasteiger partial charge in [-0.2, -0.15) is 4.98 Å². The first-order valence-corrected chi connectivity index (χ1v) is 11.3. The molecule has 5 nitrogen and oxygen atoms in total. The van der Waals surface area contributed by atoms with Crippen LogP contribution in [0.3, 0.4) is 0 Å².